The highest BCUT2D eigenvalue weighted by molar-refractivity contribution is 9.10. The van der Waals surface area contributed by atoms with Gasteiger partial charge in [0.05, 0.1) is 11.3 Å². The first-order chi connectivity index (χ1) is 9.91. The van der Waals surface area contributed by atoms with E-state index in [-0.39, 0.29) is 0 Å². The maximum atomic E-state index is 5.87. The molecule has 110 valence electrons. The average Bonchev–Trinajstić information content (AvgIpc) is 2.43. The van der Waals surface area contributed by atoms with Crippen LogP contribution >= 0.6 is 28.1 Å². The van der Waals surface area contributed by atoms with Gasteiger partial charge in [0, 0.05) is 18.1 Å². The van der Waals surface area contributed by atoms with Gasteiger partial charge >= 0.3 is 0 Å². The lowest BCUT2D eigenvalue weighted by Gasteiger charge is -2.22. The molecule has 0 saturated carbocycles. The quantitative estimate of drug-likeness (QED) is 0.844. The van der Waals surface area contributed by atoms with E-state index in [0.717, 1.165) is 26.9 Å². The van der Waals surface area contributed by atoms with Gasteiger partial charge in [-0.2, -0.15) is 5.10 Å². The van der Waals surface area contributed by atoms with Crippen LogP contribution in [-0.4, -0.2) is 22.2 Å². The minimum Gasteiger partial charge on any atom is -0.389 e. The highest BCUT2D eigenvalue weighted by Crippen LogP contribution is 2.24. The van der Waals surface area contributed by atoms with E-state index in [1.165, 1.54) is 0 Å². The van der Waals surface area contributed by atoms with Gasteiger partial charge in [-0.25, -0.2) is 0 Å². The average molecular weight is 365 g/mol. The third-order valence-corrected chi connectivity index (χ3v) is 4.39. The minimum atomic E-state index is 0.347. The van der Waals surface area contributed by atoms with Crippen LogP contribution in [0, 0.1) is 13.8 Å². The van der Waals surface area contributed by atoms with Crippen molar-refractivity contribution in [3.8, 4) is 0 Å². The summed E-state index contributed by atoms with van der Waals surface area (Å²) in [5.41, 5.74) is 9.65. The van der Waals surface area contributed by atoms with E-state index in [1.54, 1.807) is 0 Å². The van der Waals surface area contributed by atoms with Crippen molar-refractivity contribution >= 4 is 39.0 Å². The SMILES string of the molecule is Cc1nnc(N(C)Cc2ccccc2Br)c(C(N)=S)c1C. The number of halogens is 1. The van der Waals surface area contributed by atoms with Gasteiger partial charge in [0.15, 0.2) is 5.82 Å². The molecular formula is C15H17BrN4S. The van der Waals surface area contributed by atoms with E-state index in [2.05, 4.69) is 32.2 Å². The summed E-state index contributed by atoms with van der Waals surface area (Å²) in [6, 6.07) is 8.08. The van der Waals surface area contributed by atoms with Gasteiger partial charge in [0.25, 0.3) is 0 Å². The Morgan fingerprint density at radius 1 is 1.29 bits per heavy atom. The topological polar surface area (TPSA) is 55.0 Å². The second-order valence-corrected chi connectivity index (χ2v) is 6.21. The molecule has 0 saturated heterocycles. The number of nitrogens with zero attached hydrogens (tertiary/aromatic N) is 3. The Morgan fingerprint density at radius 2 is 1.95 bits per heavy atom. The molecule has 1 aromatic heterocycles. The van der Waals surface area contributed by atoms with Gasteiger partial charge in [0.2, 0.25) is 0 Å². The molecule has 1 heterocycles. The highest BCUT2D eigenvalue weighted by atomic mass is 79.9. The fourth-order valence-corrected chi connectivity index (χ4v) is 2.77. The number of aromatic nitrogens is 2. The second-order valence-electron chi connectivity index (χ2n) is 4.92. The number of rotatable bonds is 4. The molecule has 0 aliphatic heterocycles. The van der Waals surface area contributed by atoms with Crippen molar-refractivity contribution in [3.05, 3.63) is 51.1 Å². The standard InChI is InChI=1S/C15H17BrN4S/c1-9-10(2)18-19-15(13(9)14(17)21)20(3)8-11-6-4-5-7-12(11)16/h4-7H,8H2,1-3H3,(H2,17,21). The third kappa shape index (κ3) is 3.39. The zero-order valence-electron chi connectivity index (χ0n) is 12.2. The molecule has 4 nitrogen and oxygen atoms in total. The van der Waals surface area contributed by atoms with Crippen LogP contribution in [0.25, 0.3) is 0 Å². The molecule has 0 fully saturated rings. The number of anilines is 1. The second kappa shape index (κ2) is 6.49. The molecule has 2 N–H and O–H groups in total. The number of hydrogen-bond donors (Lipinski definition) is 1. The van der Waals surface area contributed by atoms with E-state index in [4.69, 9.17) is 18.0 Å². The van der Waals surface area contributed by atoms with Crippen LogP contribution in [-0.2, 0) is 6.54 Å². The summed E-state index contributed by atoms with van der Waals surface area (Å²) in [4.78, 5) is 2.35. The van der Waals surface area contributed by atoms with Crippen molar-refractivity contribution in [3.63, 3.8) is 0 Å². The zero-order chi connectivity index (χ0) is 15.6. The summed E-state index contributed by atoms with van der Waals surface area (Å²) >= 11 is 8.74. The summed E-state index contributed by atoms with van der Waals surface area (Å²) in [6.45, 7) is 4.56. The van der Waals surface area contributed by atoms with E-state index < -0.39 is 0 Å². The monoisotopic (exact) mass is 364 g/mol. The molecule has 21 heavy (non-hydrogen) atoms. The fourth-order valence-electron chi connectivity index (χ4n) is 2.12. The summed E-state index contributed by atoms with van der Waals surface area (Å²) < 4.78 is 1.06. The van der Waals surface area contributed by atoms with Gasteiger partial charge in [-0.05, 0) is 31.0 Å². The van der Waals surface area contributed by atoms with Crippen LogP contribution in [0.4, 0.5) is 5.82 Å². The van der Waals surface area contributed by atoms with E-state index in [0.29, 0.717) is 17.4 Å². The molecule has 6 heteroatoms. The maximum absolute atomic E-state index is 5.87. The number of aryl methyl sites for hydroxylation is 1. The summed E-state index contributed by atoms with van der Waals surface area (Å²) in [6.07, 6.45) is 0. The van der Waals surface area contributed by atoms with Gasteiger partial charge in [0.1, 0.15) is 4.99 Å². The molecule has 0 aliphatic carbocycles. The Morgan fingerprint density at radius 3 is 2.57 bits per heavy atom. The molecule has 0 radical (unpaired) electrons. The van der Waals surface area contributed by atoms with Crippen molar-refractivity contribution in [1.82, 2.24) is 10.2 Å². The lowest BCUT2D eigenvalue weighted by atomic mass is 10.1. The molecular weight excluding hydrogens is 348 g/mol. The summed E-state index contributed by atoms with van der Waals surface area (Å²) in [5.74, 6) is 0.710. The van der Waals surface area contributed by atoms with E-state index >= 15 is 0 Å². The van der Waals surface area contributed by atoms with Crippen LogP contribution in [0.5, 0.6) is 0 Å². The molecule has 0 bridgehead atoms. The van der Waals surface area contributed by atoms with Crippen molar-refractivity contribution in [2.45, 2.75) is 20.4 Å². The number of benzene rings is 1. The zero-order valence-corrected chi connectivity index (χ0v) is 14.6. The normalized spacial score (nSPS) is 10.5. The molecule has 0 spiro atoms. The molecule has 0 unspecified atom stereocenters. The van der Waals surface area contributed by atoms with Gasteiger partial charge in [-0.1, -0.05) is 46.3 Å². The number of hydrogen-bond acceptors (Lipinski definition) is 4. The molecule has 0 amide bonds. The van der Waals surface area contributed by atoms with Gasteiger partial charge in [-0.3, -0.25) is 0 Å². The highest BCUT2D eigenvalue weighted by Gasteiger charge is 2.17. The Labute approximate surface area is 138 Å². The number of thiocarbonyl (C=S) groups is 1. The minimum absolute atomic E-state index is 0.347. The van der Waals surface area contributed by atoms with Crippen LogP contribution in [0.1, 0.15) is 22.4 Å². The van der Waals surface area contributed by atoms with Crippen molar-refractivity contribution < 1.29 is 0 Å². The van der Waals surface area contributed by atoms with Crippen LogP contribution in [0.15, 0.2) is 28.7 Å². The predicted molar refractivity (Wildman–Crippen MR) is 93.6 cm³/mol. The predicted octanol–water partition coefficient (Wildman–Crippen LogP) is 3.13. The number of nitrogens with two attached hydrogens (primary N) is 1. The maximum Gasteiger partial charge on any atom is 0.161 e. The summed E-state index contributed by atoms with van der Waals surface area (Å²) in [7, 11) is 1.96. The summed E-state index contributed by atoms with van der Waals surface area (Å²) in [5, 5.41) is 8.47. The molecule has 1 aromatic carbocycles. The van der Waals surface area contributed by atoms with Crippen LogP contribution < -0.4 is 10.6 Å². The lowest BCUT2D eigenvalue weighted by molar-refractivity contribution is 0.846. The Bertz CT molecular complexity index is 687. The lowest BCUT2D eigenvalue weighted by Crippen LogP contribution is -2.25. The van der Waals surface area contributed by atoms with Crippen LogP contribution in [0.2, 0.25) is 0 Å². The van der Waals surface area contributed by atoms with Crippen molar-refractivity contribution in [1.29, 1.82) is 0 Å². The Kier molecular flexibility index (Phi) is 4.90. The van der Waals surface area contributed by atoms with Crippen LogP contribution in [0.3, 0.4) is 0 Å². The van der Waals surface area contributed by atoms with Crippen molar-refractivity contribution in [2.75, 3.05) is 11.9 Å². The third-order valence-electron chi connectivity index (χ3n) is 3.41. The smallest absolute Gasteiger partial charge is 0.161 e. The molecule has 2 aromatic rings. The van der Waals surface area contributed by atoms with Gasteiger partial charge in [-0.15, -0.1) is 5.10 Å². The largest absolute Gasteiger partial charge is 0.389 e. The molecule has 0 atom stereocenters. The van der Waals surface area contributed by atoms with Gasteiger partial charge < -0.3 is 10.6 Å². The Hall–Kier alpha value is -1.53. The van der Waals surface area contributed by atoms with E-state index in [1.807, 2.05) is 44.0 Å². The van der Waals surface area contributed by atoms with E-state index in [9.17, 15) is 0 Å². The fraction of sp³-hybridized carbons (Fsp3) is 0.267. The first kappa shape index (κ1) is 15.9. The molecule has 2 rings (SSSR count). The Balaban J connectivity index is 2.40. The molecule has 0 aliphatic rings. The van der Waals surface area contributed by atoms with Crippen molar-refractivity contribution in [2.24, 2.45) is 5.73 Å². The first-order valence-electron chi connectivity index (χ1n) is 6.50. The first-order valence-corrected chi connectivity index (χ1v) is 7.70.